The van der Waals surface area contributed by atoms with Gasteiger partial charge in [-0.2, -0.15) is 0 Å². The summed E-state index contributed by atoms with van der Waals surface area (Å²) in [7, 11) is 3.16. The number of fused-ring (bicyclic) bond motifs is 1. The molecule has 6 nitrogen and oxygen atoms in total. The van der Waals surface area contributed by atoms with Gasteiger partial charge in [0.05, 0.1) is 30.5 Å². The number of halogens is 1. The van der Waals surface area contributed by atoms with Crippen molar-refractivity contribution in [2.24, 2.45) is 0 Å². The average Bonchev–Trinajstić information content (AvgIpc) is 3.28. The lowest BCUT2D eigenvalue weighted by Crippen LogP contribution is -2.25. The van der Waals surface area contributed by atoms with E-state index in [4.69, 9.17) is 9.47 Å². The third kappa shape index (κ3) is 5.15. The van der Waals surface area contributed by atoms with Crippen LogP contribution in [0.5, 0.6) is 11.5 Å². The number of benzene rings is 2. The summed E-state index contributed by atoms with van der Waals surface area (Å²) in [6.45, 7) is 1.99. The SMILES string of the molecule is CCC(Sc1ncnc2scc(-c3ccc(Br)cc3)c12)C(=O)Nc1cc(OC)ccc1OC. The molecule has 1 atom stereocenters. The number of thiophene rings is 1. The number of anilines is 1. The fourth-order valence-corrected chi connectivity index (χ4v) is 5.64. The molecule has 0 bridgehead atoms. The fourth-order valence-electron chi connectivity index (χ4n) is 3.36. The predicted octanol–water partition coefficient (Wildman–Crippen LogP) is 6.65. The molecule has 0 aliphatic rings. The highest BCUT2D eigenvalue weighted by Gasteiger charge is 2.23. The zero-order chi connectivity index (χ0) is 23.4. The number of thioether (sulfide) groups is 1. The second-order valence-electron chi connectivity index (χ2n) is 7.09. The third-order valence-corrected chi connectivity index (χ3v) is 7.85. The van der Waals surface area contributed by atoms with Gasteiger partial charge in [0.25, 0.3) is 0 Å². The summed E-state index contributed by atoms with van der Waals surface area (Å²) in [5.41, 5.74) is 2.72. The summed E-state index contributed by atoms with van der Waals surface area (Å²) < 4.78 is 11.7. The van der Waals surface area contributed by atoms with Crippen LogP contribution in [0.2, 0.25) is 0 Å². The first kappa shape index (κ1) is 23.5. The van der Waals surface area contributed by atoms with E-state index in [0.29, 0.717) is 23.6 Å². The Morgan fingerprint density at radius 1 is 1.15 bits per heavy atom. The summed E-state index contributed by atoms with van der Waals surface area (Å²) in [6.07, 6.45) is 2.19. The second kappa shape index (κ2) is 10.5. The van der Waals surface area contributed by atoms with E-state index in [1.54, 1.807) is 50.1 Å². The molecule has 0 aliphatic carbocycles. The molecule has 1 unspecified atom stereocenters. The highest BCUT2D eigenvalue weighted by molar-refractivity contribution is 9.10. The van der Waals surface area contributed by atoms with Gasteiger partial charge in [-0.3, -0.25) is 4.79 Å². The number of methoxy groups -OCH3 is 2. The van der Waals surface area contributed by atoms with Gasteiger partial charge in [0.15, 0.2) is 0 Å². The van der Waals surface area contributed by atoms with Gasteiger partial charge < -0.3 is 14.8 Å². The van der Waals surface area contributed by atoms with Gasteiger partial charge in [0.1, 0.15) is 27.7 Å². The number of nitrogens with one attached hydrogen (secondary N) is 1. The van der Waals surface area contributed by atoms with Crippen LogP contribution in [0, 0.1) is 0 Å². The Bertz CT molecular complexity index is 1280. The molecule has 2 aromatic carbocycles. The topological polar surface area (TPSA) is 73.3 Å². The van der Waals surface area contributed by atoms with Gasteiger partial charge >= 0.3 is 0 Å². The summed E-state index contributed by atoms with van der Waals surface area (Å²) in [5, 5.41) is 6.50. The van der Waals surface area contributed by atoms with Crippen LogP contribution in [0.3, 0.4) is 0 Å². The number of amides is 1. The van der Waals surface area contributed by atoms with E-state index in [-0.39, 0.29) is 11.2 Å². The van der Waals surface area contributed by atoms with E-state index in [9.17, 15) is 4.79 Å². The van der Waals surface area contributed by atoms with Crippen LogP contribution in [-0.4, -0.2) is 35.3 Å². The van der Waals surface area contributed by atoms with Crippen LogP contribution < -0.4 is 14.8 Å². The molecular weight excluding hydrogens is 522 g/mol. The number of hydrogen-bond donors (Lipinski definition) is 1. The minimum absolute atomic E-state index is 0.124. The van der Waals surface area contributed by atoms with Crippen LogP contribution >= 0.6 is 39.0 Å². The van der Waals surface area contributed by atoms with Gasteiger partial charge in [0, 0.05) is 21.5 Å². The lowest BCUT2D eigenvalue weighted by molar-refractivity contribution is -0.115. The quantitative estimate of drug-likeness (QED) is 0.198. The molecule has 1 N–H and O–H groups in total. The number of aromatic nitrogens is 2. The molecule has 0 saturated carbocycles. The zero-order valence-corrected chi connectivity index (χ0v) is 21.5. The Hall–Kier alpha value is -2.62. The molecule has 0 aliphatic heterocycles. The van der Waals surface area contributed by atoms with Crippen LogP contribution in [0.15, 0.2) is 63.7 Å². The number of hydrogen-bond acceptors (Lipinski definition) is 7. The smallest absolute Gasteiger partial charge is 0.238 e. The summed E-state index contributed by atoms with van der Waals surface area (Å²) in [4.78, 5) is 23.1. The molecule has 0 saturated heterocycles. The second-order valence-corrected chi connectivity index (χ2v) is 10.1. The molecule has 4 rings (SSSR count). The molecule has 1 amide bonds. The maximum Gasteiger partial charge on any atom is 0.238 e. The lowest BCUT2D eigenvalue weighted by Gasteiger charge is -2.17. The van der Waals surface area contributed by atoms with E-state index in [1.807, 2.05) is 19.1 Å². The molecule has 0 fully saturated rings. The van der Waals surface area contributed by atoms with Crippen molar-refractivity contribution in [2.45, 2.75) is 23.6 Å². The van der Waals surface area contributed by atoms with Crippen LogP contribution in [0.25, 0.3) is 21.3 Å². The number of carbonyl (C=O) groups is 1. The average molecular weight is 544 g/mol. The first-order valence-electron chi connectivity index (χ1n) is 10.2. The molecule has 4 aromatic rings. The monoisotopic (exact) mass is 543 g/mol. The molecule has 33 heavy (non-hydrogen) atoms. The standard InChI is InChI=1S/C24H22BrN3O3S2/c1-4-20(22(29)28-18-11-16(30-2)9-10-19(18)31-3)33-24-21-17(12-32-23(21)26-13-27-24)14-5-7-15(25)8-6-14/h5-13,20H,4H2,1-3H3,(H,28,29). The van der Waals surface area contributed by atoms with Gasteiger partial charge in [-0.05, 0) is 36.2 Å². The van der Waals surface area contributed by atoms with Crippen molar-refractivity contribution in [1.29, 1.82) is 0 Å². The predicted molar refractivity (Wildman–Crippen MR) is 139 cm³/mol. The molecule has 0 radical (unpaired) electrons. The summed E-state index contributed by atoms with van der Waals surface area (Å²) >= 11 is 6.51. The van der Waals surface area contributed by atoms with Crippen molar-refractivity contribution >= 4 is 60.8 Å². The molecule has 2 heterocycles. The Morgan fingerprint density at radius 3 is 2.64 bits per heavy atom. The Morgan fingerprint density at radius 2 is 1.94 bits per heavy atom. The molecular formula is C24H22BrN3O3S2. The van der Waals surface area contributed by atoms with Crippen LogP contribution in [0.1, 0.15) is 13.3 Å². The Balaban J connectivity index is 1.64. The van der Waals surface area contributed by atoms with Crippen molar-refractivity contribution in [1.82, 2.24) is 9.97 Å². The van der Waals surface area contributed by atoms with Gasteiger partial charge in [-0.25, -0.2) is 9.97 Å². The van der Waals surface area contributed by atoms with Gasteiger partial charge in [-0.1, -0.05) is 46.7 Å². The van der Waals surface area contributed by atoms with E-state index in [1.165, 1.54) is 11.8 Å². The van der Waals surface area contributed by atoms with E-state index < -0.39 is 0 Å². The lowest BCUT2D eigenvalue weighted by atomic mass is 10.1. The Labute approximate surface area is 208 Å². The van der Waals surface area contributed by atoms with Gasteiger partial charge in [-0.15, -0.1) is 11.3 Å². The minimum atomic E-state index is -0.350. The minimum Gasteiger partial charge on any atom is -0.497 e. The number of carbonyl (C=O) groups excluding carboxylic acids is 1. The van der Waals surface area contributed by atoms with E-state index in [2.05, 4.69) is 48.7 Å². The molecule has 9 heteroatoms. The van der Waals surface area contributed by atoms with E-state index >= 15 is 0 Å². The Kier molecular flexibility index (Phi) is 7.52. The largest absolute Gasteiger partial charge is 0.497 e. The van der Waals surface area contributed by atoms with Crippen molar-refractivity contribution in [3.05, 3.63) is 58.6 Å². The summed E-state index contributed by atoms with van der Waals surface area (Å²) in [6, 6.07) is 13.5. The van der Waals surface area contributed by atoms with Crippen LogP contribution in [0.4, 0.5) is 5.69 Å². The van der Waals surface area contributed by atoms with E-state index in [0.717, 1.165) is 30.8 Å². The third-order valence-electron chi connectivity index (χ3n) is 5.07. The van der Waals surface area contributed by atoms with Crippen LogP contribution in [-0.2, 0) is 4.79 Å². The normalized spacial score (nSPS) is 11.9. The van der Waals surface area contributed by atoms with Crippen molar-refractivity contribution < 1.29 is 14.3 Å². The zero-order valence-electron chi connectivity index (χ0n) is 18.3. The molecule has 0 spiro atoms. The molecule has 2 aromatic heterocycles. The number of nitrogens with zero attached hydrogens (tertiary/aromatic N) is 2. The molecule has 170 valence electrons. The first-order valence-corrected chi connectivity index (χ1v) is 12.8. The van der Waals surface area contributed by atoms with Crippen molar-refractivity contribution in [3.63, 3.8) is 0 Å². The van der Waals surface area contributed by atoms with Gasteiger partial charge in [0.2, 0.25) is 5.91 Å². The van der Waals surface area contributed by atoms with Crippen molar-refractivity contribution in [3.8, 4) is 22.6 Å². The highest BCUT2D eigenvalue weighted by atomic mass is 79.9. The summed E-state index contributed by atoms with van der Waals surface area (Å²) in [5.74, 6) is 1.09. The first-order chi connectivity index (χ1) is 16.0. The maximum atomic E-state index is 13.2. The van der Waals surface area contributed by atoms with Crippen molar-refractivity contribution in [2.75, 3.05) is 19.5 Å². The fraction of sp³-hybridized carbons (Fsp3) is 0.208. The number of rotatable bonds is 8. The maximum absolute atomic E-state index is 13.2. The number of ether oxygens (including phenoxy) is 2. The highest BCUT2D eigenvalue weighted by Crippen LogP contribution is 2.40.